The molecular weight excluding hydrogens is 463 g/mol. The molecule has 4 aromatic rings. The van der Waals surface area contributed by atoms with Crippen molar-refractivity contribution in [1.82, 2.24) is 9.55 Å². The van der Waals surface area contributed by atoms with Gasteiger partial charge in [0.05, 0.1) is 34.5 Å². The third-order valence-electron chi connectivity index (χ3n) is 5.13. The van der Waals surface area contributed by atoms with Gasteiger partial charge in [-0.15, -0.1) is 0 Å². The van der Waals surface area contributed by atoms with E-state index in [1.54, 1.807) is 24.3 Å². The lowest BCUT2D eigenvalue weighted by Crippen LogP contribution is -2.25. The van der Waals surface area contributed by atoms with Crippen molar-refractivity contribution >= 4 is 34.3 Å². The minimum absolute atomic E-state index is 0.217. The zero-order valence-corrected chi connectivity index (χ0v) is 18.9. The second-order valence-electron chi connectivity index (χ2n) is 7.67. The molecule has 0 saturated heterocycles. The van der Waals surface area contributed by atoms with Crippen molar-refractivity contribution in [3.63, 3.8) is 0 Å². The molecule has 0 saturated carbocycles. The zero-order chi connectivity index (χ0) is 24.3. The van der Waals surface area contributed by atoms with Crippen molar-refractivity contribution in [3.8, 4) is 0 Å². The number of thioether (sulfide) groups is 1. The second kappa shape index (κ2) is 9.72. The van der Waals surface area contributed by atoms with Crippen LogP contribution >= 0.6 is 11.8 Å². The molecule has 4 rings (SSSR count). The van der Waals surface area contributed by atoms with Gasteiger partial charge in [0.1, 0.15) is 0 Å². The van der Waals surface area contributed by atoms with E-state index in [-0.39, 0.29) is 23.5 Å². The van der Waals surface area contributed by atoms with E-state index in [0.29, 0.717) is 16.1 Å². The number of anilines is 1. The summed E-state index contributed by atoms with van der Waals surface area (Å²) in [5.74, 6) is -0.851. The summed E-state index contributed by atoms with van der Waals surface area (Å²) >= 11 is 0.998. The summed E-state index contributed by atoms with van der Waals surface area (Å²) in [5.41, 5.74) is 0.959. The number of para-hydroxylation sites is 2. The molecule has 0 aliphatic heterocycles. The van der Waals surface area contributed by atoms with Gasteiger partial charge in [-0.05, 0) is 36.8 Å². The summed E-state index contributed by atoms with van der Waals surface area (Å²) in [4.78, 5) is 30.3. The Morgan fingerprint density at radius 3 is 2.41 bits per heavy atom. The zero-order valence-electron chi connectivity index (χ0n) is 18.1. The number of fused-ring (bicyclic) bond motifs is 1. The lowest BCUT2D eigenvalue weighted by atomic mass is 10.1. The van der Waals surface area contributed by atoms with Gasteiger partial charge in [0.25, 0.3) is 5.56 Å². The van der Waals surface area contributed by atoms with E-state index in [2.05, 4.69) is 10.3 Å². The molecule has 0 radical (unpaired) electrons. The highest BCUT2D eigenvalue weighted by Gasteiger charge is 2.33. The molecule has 1 amide bonds. The van der Waals surface area contributed by atoms with Crippen LogP contribution in [-0.2, 0) is 17.5 Å². The molecule has 1 N–H and O–H groups in total. The third kappa shape index (κ3) is 5.31. The van der Waals surface area contributed by atoms with Crippen LogP contribution in [0.25, 0.3) is 10.9 Å². The van der Waals surface area contributed by atoms with Gasteiger partial charge < -0.3 is 5.32 Å². The summed E-state index contributed by atoms with van der Waals surface area (Å²) in [5, 5.41) is 3.08. The first kappa shape index (κ1) is 23.6. The Morgan fingerprint density at radius 2 is 1.68 bits per heavy atom. The van der Waals surface area contributed by atoms with Gasteiger partial charge in [-0.3, -0.25) is 14.2 Å². The summed E-state index contributed by atoms with van der Waals surface area (Å²) < 4.78 is 41.1. The van der Waals surface area contributed by atoms with Crippen molar-refractivity contribution < 1.29 is 18.0 Å². The molecule has 0 spiro atoms. The van der Waals surface area contributed by atoms with E-state index in [9.17, 15) is 22.8 Å². The highest BCUT2D eigenvalue weighted by atomic mass is 32.2. The third-order valence-corrected chi connectivity index (χ3v) is 6.10. The maximum atomic E-state index is 13.2. The minimum atomic E-state index is -4.59. The fourth-order valence-electron chi connectivity index (χ4n) is 3.43. The second-order valence-corrected chi connectivity index (χ2v) is 8.61. The Hall–Kier alpha value is -3.59. The molecule has 1 heterocycles. The fourth-order valence-corrected chi connectivity index (χ4v) is 4.23. The van der Waals surface area contributed by atoms with E-state index < -0.39 is 17.6 Å². The van der Waals surface area contributed by atoms with Crippen molar-refractivity contribution in [2.24, 2.45) is 0 Å². The number of rotatable bonds is 6. The standard InChI is InChI=1S/C25H20F3N3O2S/c1-16-10-12-17(13-11-16)14-31-23(33)18-6-2-4-8-20(18)30-24(31)34-15-22(32)29-21-9-5-3-7-19(21)25(26,27)28/h2-13H,14-15H2,1H3,(H,29,32). The molecule has 34 heavy (non-hydrogen) atoms. The largest absolute Gasteiger partial charge is 0.418 e. The van der Waals surface area contributed by atoms with Crippen LogP contribution in [-0.4, -0.2) is 21.2 Å². The quantitative estimate of drug-likeness (QED) is 0.291. The van der Waals surface area contributed by atoms with Crippen molar-refractivity contribution in [2.75, 3.05) is 11.1 Å². The predicted octanol–water partition coefficient (Wildman–Crippen LogP) is 5.50. The van der Waals surface area contributed by atoms with E-state index in [0.717, 1.165) is 29.0 Å². The molecule has 0 aliphatic carbocycles. The Morgan fingerprint density at radius 1 is 1.00 bits per heavy atom. The Bertz CT molecular complexity index is 1400. The number of nitrogens with one attached hydrogen (secondary N) is 1. The van der Waals surface area contributed by atoms with Crippen molar-refractivity contribution in [2.45, 2.75) is 24.8 Å². The molecule has 5 nitrogen and oxygen atoms in total. The number of halogens is 3. The molecule has 3 aromatic carbocycles. The lowest BCUT2D eigenvalue weighted by Gasteiger charge is -2.15. The highest BCUT2D eigenvalue weighted by molar-refractivity contribution is 7.99. The van der Waals surface area contributed by atoms with E-state index in [4.69, 9.17) is 0 Å². The van der Waals surface area contributed by atoms with Crippen LogP contribution in [0.1, 0.15) is 16.7 Å². The van der Waals surface area contributed by atoms with Gasteiger partial charge in [0.2, 0.25) is 5.91 Å². The Kier molecular flexibility index (Phi) is 6.74. The van der Waals surface area contributed by atoms with Crippen molar-refractivity contribution in [1.29, 1.82) is 0 Å². The molecule has 0 bridgehead atoms. The minimum Gasteiger partial charge on any atom is -0.325 e. The Balaban J connectivity index is 1.61. The average molecular weight is 484 g/mol. The number of benzene rings is 3. The topological polar surface area (TPSA) is 64.0 Å². The first-order chi connectivity index (χ1) is 16.2. The summed E-state index contributed by atoms with van der Waals surface area (Å²) in [6, 6.07) is 19.4. The van der Waals surface area contributed by atoms with Gasteiger partial charge in [-0.2, -0.15) is 13.2 Å². The smallest absolute Gasteiger partial charge is 0.325 e. The van der Waals surface area contributed by atoms with E-state index in [1.807, 2.05) is 31.2 Å². The maximum absolute atomic E-state index is 13.2. The van der Waals surface area contributed by atoms with Crippen LogP contribution in [0.2, 0.25) is 0 Å². The number of alkyl halides is 3. The van der Waals surface area contributed by atoms with E-state index >= 15 is 0 Å². The molecular formula is C25H20F3N3O2S. The molecule has 0 fully saturated rings. The van der Waals surface area contributed by atoms with Gasteiger partial charge in [-0.1, -0.05) is 65.9 Å². The predicted molar refractivity (Wildman–Crippen MR) is 127 cm³/mol. The summed E-state index contributed by atoms with van der Waals surface area (Å²) in [6.07, 6.45) is -4.59. The normalized spacial score (nSPS) is 11.5. The highest BCUT2D eigenvalue weighted by Crippen LogP contribution is 2.34. The number of aryl methyl sites for hydroxylation is 1. The number of nitrogens with zero attached hydrogens (tertiary/aromatic N) is 2. The van der Waals surface area contributed by atoms with Gasteiger partial charge >= 0.3 is 6.18 Å². The van der Waals surface area contributed by atoms with Gasteiger partial charge in [-0.25, -0.2) is 4.98 Å². The molecule has 174 valence electrons. The molecule has 0 aliphatic rings. The summed E-state index contributed by atoms with van der Waals surface area (Å²) in [6.45, 7) is 2.21. The van der Waals surface area contributed by atoms with Gasteiger partial charge in [0, 0.05) is 0 Å². The molecule has 9 heteroatoms. The van der Waals surface area contributed by atoms with E-state index in [1.165, 1.54) is 22.8 Å². The van der Waals surface area contributed by atoms with Crippen LogP contribution < -0.4 is 10.9 Å². The maximum Gasteiger partial charge on any atom is 0.418 e. The van der Waals surface area contributed by atoms with Crippen LogP contribution in [0.3, 0.4) is 0 Å². The molecule has 1 aromatic heterocycles. The average Bonchev–Trinajstić information content (AvgIpc) is 2.81. The van der Waals surface area contributed by atoms with Crippen LogP contribution in [0.15, 0.2) is 82.7 Å². The monoisotopic (exact) mass is 483 g/mol. The first-order valence-electron chi connectivity index (χ1n) is 10.4. The van der Waals surface area contributed by atoms with Crippen molar-refractivity contribution in [3.05, 3.63) is 99.8 Å². The first-order valence-corrected chi connectivity index (χ1v) is 11.3. The fraction of sp³-hybridized carbons (Fsp3) is 0.160. The Labute approximate surface area is 197 Å². The van der Waals surface area contributed by atoms with Crippen LogP contribution in [0.4, 0.5) is 18.9 Å². The molecule has 0 atom stereocenters. The number of aromatic nitrogens is 2. The SMILES string of the molecule is Cc1ccc(Cn2c(SCC(=O)Nc3ccccc3C(F)(F)F)nc3ccccc3c2=O)cc1. The number of hydrogen-bond donors (Lipinski definition) is 1. The number of amides is 1. The van der Waals surface area contributed by atoms with Crippen LogP contribution in [0, 0.1) is 6.92 Å². The van der Waals surface area contributed by atoms with Gasteiger partial charge in [0.15, 0.2) is 5.16 Å². The van der Waals surface area contributed by atoms with Crippen LogP contribution in [0.5, 0.6) is 0 Å². The molecule has 0 unspecified atom stereocenters. The number of carbonyl (C=O) groups excluding carboxylic acids is 1. The number of carbonyl (C=O) groups is 1. The summed E-state index contributed by atoms with van der Waals surface area (Å²) in [7, 11) is 0. The number of hydrogen-bond acceptors (Lipinski definition) is 4. The lowest BCUT2D eigenvalue weighted by molar-refractivity contribution is -0.137.